The van der Waals surface area contributed by atoms with E-state index >= 15 is 0 Å². The number of rotatable bonds is 3. The van der Waals surface area contributed by atoms with Gasteiger partial charge < -0.3 is 5.11 Å². The van der Waals surface area contributed by atoms with Gasteiger partial charge in [-0.05, 0) is 6.92 Å². The van der Waals surface area contributed by atoms with Crippen molar-refractivity contribution in [1.29, 1.82) is 0 Å². The lowest BCUT2D eigenvalue weighted by Crippen LogP contribution is -2.04. The molecule has 12 heavy (non-hydrogen) atoms. The van der Waals surface area contributed by atoms with Gasteiger partial charge in [0, 0.05) is 6.20 Å². The van der Waals surface area contributed by atoms with Gasteiger partial charge in [0.15, 0.2) is 0 Å². The number of carboxylic acids is 1. The van der Waals surface area contributed by atoms with Crippen LogP contribution in [0.15, 0.2) is 6.20 Å². The number of aliphatic carboxylic acids is 1. The fourth-order valence-electron chi connectivity index (χ4n) is 0.818. The minimum atomic E-state index is -0.834. The van der Waals surface area contributed by atoms with E-state index < -0.39 is 5.97 Å². The number of halogens is 1. The predicted octanol–water partition coefficient (Wildman–Crippen LogP) is 1.32. The first-order valence-electron chi connectivity index (χ1n) is 3.51. The van der Waals surface area contributed by atoms with Crippen LogP contribution >= 0.6 is 11.6 Å². The quantitative estimate of drug-likeness (QED) is 0.779. The fourth-order valence-corrected chi connectivity index (χ4v) is 0.969. The SMILES string of the molecule is Cc1nn(CCC(=O)O)cc1Cl. The van der Waals surface area contributed by atoms with Gasteiger partial charge in [-0.25, -0.2) is 0 Å². The zero-order valence-corrected chi connectivity index (χ0v) is 7.38. The van der Waals surface area contributed by atoms with E-state index in [9.17, 15) is 4.79 Å². The molecule has 0 saturated heterocycles. The van der Waals surface area contributed by atoms with E-state index in [0.29, 0.717) is 11.6 Å². The van der Waals surface area contributed by atoms with Gasteiger partial charge in [-0.15, -0.1) is 0 Å². The smallest absolute Gasteiger partial charge is 0.305 e. The summed E-state index contributed by atoms with van der Waals surface area (Å²) in [5, 5.41) is 13.0. The first-order valence-corrected chi connectivity index (χ1v) is 3.88. The van der Waals surface area contributed by atoms with Gasteiger partial charge in [-0.1, -0.05) is 11.6 Å². The zero-order valence-electron chi connectivity index (χ0n) is 6.62. The number of hydrogen-bond acceptors (Lipinski definition) is 2. The summed E-state index contributed by atoms with van der Waals surface area (Å²) in [4.78, 5) is 10.2. The van der Waals surface area contributed by atoms with Crippen molar-refractivity contribution < 1.29 is 9.90 Å². The molecule has 0 fully saturated rings. The Bertz CT molecular complexity index is 276. The molecule has 66 valence electrons. The van der Waals surface area contributed by atoms with Crippen LogP contribution in [-0.4, -0.2) is 20.9 Å². The number of carbonyl (C=O) groups is 1. The van der Waals surface area contributed by atoms with E-state index in [1.165, 1.54) is 4.68 Å². The maximum absolute atomic E-state index is 10.2. The van der Waals surface area contributed by atoms with E-state index in [1.54, 1.807) is 13.1 Å². The first kappa shape index (κ1) is 9.06. The van der Waals surface area contributed by atoms with Crippen molar-refractivity contribution in [2.75, 3.05) is 0 Å². The second kappa shape index (κ2) is 3.58. The van der Waals surface area contributed by atoms with Crippen molar-refractivity contribution in [3.05, 3.63) is 16.9 Å². The Morgan fingerprint density at radius 2 is 2.50 bits per heavy atom. The summed E-state index contributed by atoms with van der Waals surface area (Å²) in [5.41, 5.74) is 0.724. The average molecular weight is 189 g/mol. The monoisotopic (exact) mass is 188 g/mol. The van der Waals surface area contributed by atoms with Crippen LogP contribution in [0.2, 0.25) is 5.02 Å². The summed E-state index contributed by atoms with van der Waals surface area (Å²) < 4.78 is 1.53. The molecule has 0 aliphatic rings. The highest BCUT2D eigenvalue weighted by Gasteiger charge is 2.03. The second-order valence-corrected chi connectivity index (χ2v) is 2.88. The highest BCUT2D eigenvalue weighted by Crippen LogP contribution is 2.11. The van der Waals surface area contributed by atoms with Crippen molar-refractivity contribution in [3.63, 3.8) is 0 Å². The molecule has 0 radical (unpaired) electrons. The number of carboxylic acid groups (broad SMARTS) is 1. The lowest BCUT2D eigenvalue weighted by molar-refractivity contribution is -0.137. The molecular formula is C7H9ClN2O2. The third-order valence-electron chi connectivity index (χ3n) is 1.44. The Morgan fingerprint density at radius 1 is 1.83 bits per heavy atom. The number of nitrogens with zero attached hydrogens (tertiary/aromatic N) is 2. The maximum Gasteiger partial charge on any atom is 0.305 e. The van der Waals surface area contributed by atoms with Crippen LogP contribution in [0, 0.1) is 6.92 Å². The number of hydrogen-bond donors (Lipinski definition) is 1. The van der Waals surface area contributed by atoms with Crippen LogP contribution in [0.3, 0.4) is 0 Å². The standard InChI is InChI=1S/C7H9ClN2O2/c1-5-6(8)4-10(9-5)3-2-7(11)12/h4H,2-3H2,1H3,(H,11,12). The average Bonchev–Trinajstić information content (AvgIpc) is 2.28. The molecule has 0 atom stereocenters. The molecule has 1 aromatic rings. The summed E-state index contributed by atoms with van der Waals surface area (Å²) in [6.07, 6.45) is 1.69. The second-order valence-electron chi connectivity index (χ2n) is 2.47. The Hall–Kier alpha value is -1.03. The number of aromatic nitrogens is 2. The summed E-state index contributed by atoms with van der Waals surface area (Å²) in [6.45, 7) is 2.14. The van der Waals surface area contributed by atoms with Gasteiger partial charge in [0.25, 0.3) is 0 Å². The predicted molar refractivity (Wildman–Crippen MR) is 44.2 cm³/mol. The summed E-state index contributed by atoms with van der Waals surface area (Å²) in [5.74, 6) is -0.834. The van der Waals surface area contributed by atoms with E-state index in [-0.39, 0.29) is 6.42 Å². The van der Waals surface area contributed by atoms with Gasteiger partial charge in [0.2, 0.25) is 0 Å². The van der Waals surface area contributed by atoms with E-state index in [1.807, 2.05) is 0 Å². The Kier molecular flexibility index (Phi) is 2.70. The normalized spacial score (nSPS) is 10.2. The van der Waals surface area contributed by atoms with E-state index in [4.69, 9.17) is 16.7 Å². The molecule has 0 unspecified atom stereocenters. The molecule has 0 aromatic carbocycles. The third-order valence-corrected chi connectivity index (χ3v) is 1.81. The fraction of sp³-hybridized carbons (Fsp3) is 0.429. The van der Waals surface area contributed by atoms with Crippen molar-refractivity contribution in [2.24, 2.45) is 0 Å². The van der Waals surface area contributed by atoms with Crippen LogP contribution in [-0.2, 0) is 11.3 Å². The largest absolute Gasteiger partial charge is 0.481 e. The molecule has 1 heterocycles. The van der Waals surface area contributed by atoms with Crippen LogP contribution < -0.4 is 0 Å². The van der Waals surface area contributed by atoms with Crippen molar-refractivity contribution in [2.45, 2.75) is 19.9 Å². The lowest BCUT2D eigenvalue weighted by Gasteiger charge is -1.95. The highest BCUT2D eigenvalue weighted by atomic mass is 35.5. The minimum absolute atomic E-state index is 0.0669. The topological polar surface area (TPSA) is 55.1 Å². The van der Waals surface area contributed by atoms with Crippen LogP contribution in [0.25, 0.3) is 0 Å². The Morgan fingerprint density at radius 3 is 2.92 bits per heavy atom. The molecule has 0 bridgehead atoms. The summed E-state index contributed by atoms with van der Waals surface area (Å²) in [6, 6.07) is 0. The molecule has 5 heteroatoms. The molecule has 0 saturated carbocycles. The molecular weight excluding hydrogens is 180 g/mol. The Labute approximate surface area is 74.8 Å². The van der Waals surface area contributed by atoms with Gasteiger partial charge in [-0.3, -0.25) is 9.48 Å². The van der Waals surface area contributed by atoms with Crippen molar-refractivity contribution in [3.8, 4) is 0 Å². The van der Waals surface area contributed by atoms with Gasteiger partial charge in [0.05, 0.1) is 23.7 Å². The lowest BCUT2D eigenvalue weighted by atomic mass is 10.4. The number of aryl methyl sites for hydroxylation is 2. The zero-order chi connectivity index (χ0) is 9.14. The van der Waals surface area contributed by atoms with E-state index in [0.717, 1.165) is 5.69 Å². The summed E-state index contributed by atoms with van der Waals surface area (Å²) in [7, 11) is 0. The van der Waals surface area contributed by atoms with Crippen LogP contribution in [0.5, 0.6) is 0 Å². The molecule has 4 nitrogen and oxygen atoms in total. The highest BCUT2D eigenvalue weighted by molar-refractivity contribution is 6.31. The van der Waals surface area contributed by atoms with Crippen LogP contribution in [0.4, 0.5) is 0 Å². The van der Waals surface area contributed by atoms with Gasteiger partial charge in [-0.2, -0.15) is 5.10 Å². The molecule has 0 spiro atoms. The first-order chi connectivity index (χ1) is 5.59. The Balaban J connectivity index is 2.58. The maximum atomic E-state index is 10.2. The molecule has 1 rings (SSSR count). The molecule has 0 aliphatic carbocycles. The molecule has 0 amide bonds. The summed E-state index contributed by atoms with van der Waals surface area (Å²) >= 11 is 5.71. The minimum Gasteiger partial charge on any atom is -0.481 e. The third kappa shape index (κ3) is 2.23. The van der Waals surface area contributed by atoms with Gasteiger partial charge >= 0.3 is 5.97 Å². The van der Waals surface area contributed by atoms with E-state index in [2.05, 4.69) is 5.10 Å². The van der Waals surface area contributed by atoms with Crippen LogP contribution in [0.1, 0.15) is 12.1 Å². The van der Waals surface area contributed by atoms with Crippen molar-refractivity contribution in [1.82, 2.24) is 9.78 Å². The molecule has 0 aliphatic heterocycles. The van der Waals surface area contributed by atoms with Crippen molar-refractivity contribution >= 4 is 17.6 Å². The molecule has 1 aromatic heterocycles. The molecule has 1 N–H and O–H groups in total. The van der Waals surface area contributed by atoms with Gasteiger partial charge in [0.1, 0.15) is 0 Å².